The predicted molar refractivity (Wildman–Crippen MR) is 267 cm³/mol. The Morgan fingerprint density at radius 3 is 0.902 bits per heavy atom. The first-order valence-corrected chi connectivity index (χ1v) is 27.6. The predicted octanol–water partition coefficient (Wildman–Crippen LogP) is 16.5. The van der Waals surface area contributed by atoms with Crippen LogP contribution < -0.4 is 0 Å². The van der Waals surface area contributed by atoms with Gasteiger partial charge in [0.05, 0.1) is 25.0 Å². The molecule has 0 bridgehead atoms. The van der Waals surface area contributed by atoms with Crippen molar-refractivity contribution in [1.82, 2.24) is 9.80 Å². The maximum atomic E-state index is 13.0. The van der Waals surface area contributed by atoms with Crippen molar-refractivity contribution in [2.24, 2.45) is 11.8 Å². The Labute approximate surface area is 383 Å². The second-order valence-corrected chi connectivity index (χ2v) is 19.5. The van der Waals surface area contributed by atoms with Gasteiger partial charge in [-0.05, 0) is 78.6 Å². The molecule has 0 spiro atoms. The number of hydrogen-bond donors (Lipinski definition) is 0. The number of hydrogen-bond acceptors (Lipinski definition) is 6. The summed E-state index contributed by atoms with van der Waals surface area (Å²) in [6.45, 7) is 15.0. The molecule has 6 heteroatoms. The summed E-state index contributed by atoms with van der Waals surface area (Å²) in [6.07, 6.45) is 48.1. The maximum Gasteiger partial charge on any atom is 0.308 e. The van der Waals surface area contributed by atoms with Gasteiger partial charge in [0.1, 0.15) is 0 Å². The van der Waals surface area contributed by atoms with Gasteiger partial charge in [0.25, 0.3) is 0 Å². The molecule has 0 aliphatic rings. The number of ether oxygens (including phenoxy) is 2. The zero-order chi connectivity index (χ0) is 44.7. The average molecular weight is 863 g/mol. The molecule has 0 aliphatic carbocycles. The molecule has 0 fully saturated rings. The van der Waals surface area contributed by atoms with Gasteiger partial charge in [-0.15, -0.1) is 0 Å². The molecule has 0 aromatic rings. The van der Waals surface area contributed by atoms with E-state index >= 15 is 0 Å². The minimum absolute atomic E-state index is 0.0838. The molecule has 0 aliphatic heterocycles. The molecule has 0 saturated carbocycles. The van der Waals surface area contributed by atoms with Crippen LogP contribution in [0.5, 0.6) is 0 Å². The summed E-state index contributed by atoms with van der Waals surface area (Å²) in [4.78, 5) is 31.0. The number of esters is 2. The number of likely N-dealkylation sites (N-methyl/N-ethyl adjacent to an activating group) is 1. The lowest BCUT2D eigenvalue weighted by molar-refractivity contribution is -0.150. The quantitative estimate of drug-likeness (QED) is 0.0449. The van der Waals surface area contributed by atoms with Gasteiger partial charge in [-0.3, -0.25) is 9.59 Å². The Kier molecular flexibility index (Phi) is 47.4. The molecule has 0 aromatic carbocycles. The Balaban J connectivity index is 4.15. The summed E-state index contributed by atoms with van der Waals surface area (Å²) in [6, 6.07) is 0. The highest BCUT2D eigenvalue weighted by molar-refractivity contribution is 5.72. The fourth-order valence-electron chi connectivity index (χ4n) is 8.81. The van der Waals surface area contributed by atoms with Crippen molar-refractivity contribution in [2.45, 2.75) is 278 Å². The molecule has 364 valence electrons. The average Bonchev–Trinajstić information content (AvgIpc) is 3.25. The topological polar surface area (TPSA) is 59.1 Å². The second kappa shape index (κ2) is 48.3. The number of nitrogens with zero attached hydrogens (tertiary/aromatic N) is 2. The summed E-state index contributed by atoms with van der Waals surface area (Å²) < 4.78 is 11.7. The van der Waals surface area contributed by atoms with E-state index in [0.717, 1.165) is 45.1 Å². The van der Waals surface area contributed by atoms with Crippen LogP contribution in [0.4, 0.5) is 0 Å². The largest absolute Gasteiger partial charge is 0.465 e. The Morgan fingerprint density at radius 1 is 0.328 bits per heavy atom. The van der Waals surface area contributed by atoms with Crippen LogP contribution in [0.1, 0.15) is 278 Å². The van der Waals surface area contributed by atoms with Gasteiger partial charge < -0.3 is 19.3 Å². The van der Waals surface area contributed by atoms with Crippen molar-refractivity contribution < 1.29 is 19.1 Å². The van der Waals surface area contributed by atoms with Crippen LogP contribution in [0.15, 0.2) is 0 Å². The van der Waals surface area contributed by atoms with Crippen molar-refractivity contribution in [3.8, 4) is 0 Å². The Bertz CT molecular complexity index is 897. The highest BCUT2D eigenvalue weighted by atomic mass is 16.5. The van der Waals surface area contributed by atoms with E-state index in [-0.39, 0.29) is 23.8 Å². The third-order valence-electron chi connectivity index (χ3n) is 13.1. The van der Waals surface area contributed by atoms with E-state index < -0.39 is 0 Å². The summed E-state index contributed by atoms with van der Waals surface area (Å²) >= 11 is 0. The molecule has 0 saturated heterocycles. The number of unbranched alkanes of at least 4 members (excludes halogenated alkanes) is 29. The number of carbonyl (C=O) groups is 2. The molecule has 6 nitrogen and oxygen atoms in total. The molecule has 2 atom stereocenters. The minimum atomic E-state index is 0.0838. The van der Waals surface area contributed by atoms with Crippen molar-refractivity contribution in [3.63, 3.8) is 0 Å². The van der Waals surface area contributed by atoms with Gasteiger partial charge in [-0.25, -0.2) is 0 Å². The number of rotatable bonds is 50. The van der Waals surface area contributed by atoms with Crippen molar-refractivity contribution in [2.75, 3.05) is 53.5 Å². The zero-order valence-corrected chi connectivity index (χ0v) is 42.5. The van der Waals surface area contributed by atoms with Gasteiger partial charge in [0.2, 0.25) is 0 Å². The van der Waals surface area contributed by atoms with E-state index in [1.807, 2.05) is 0 Å². The maximum absolute atomic E-state index is 13.0. The van der Waals surface area contributed by atoms with Crippen LogP contribution in [0.25, 0.3) is 0 Å². The zero-order valence-electron chi connectivity index (χ0n) is 42.5. The van der Waals surface area contributed by atoms with Crippen LogP contribution in [0, 0.1) is 11.8 Å². The first kappa shape index (κ1) is 59.9. The summed E-state index contributed by atoms with van der Waals surface area (Å²) in [5, 5.41) is 0. The van der Waals surface area contributed by atoms with Crippen LogP contribution in [-0.2, 0) is 19.1 Å². The Morgan fingerprint density at radius 2 is 0.590 bits per heavy atom. The lowest BCUT2D eigenvalue weighted by atomic mass is 9.94. The van der Waals surface area contributed by atoms with E-state index in [4.69, 9.17) is 9.47 Å². The van der Waals surface area contributed by atoms with Crippen LogP contribution in [0.2, 0.25) is 0 Å². The van der Waals surface area contributed by atoms with Gasteiger partial charge in [0.15, 0.2) is 0 Å². The highest BCUT2D eigenvalue weighted by Gasteiger charge is 2.20. The van der Waals surface area contributed by atoms with Gasteiger partial charge >= 0.3 is 11.9 Å². The second-order valence-electron chi connectivity index (χ2n) is 19.5. The van der Waals surface area contributed by atoms with Crippen LogP contribution in [-0.4, -0.2) is 75.2 Å². The molecule has 0 amide bonds. The lowest BCUT2D eigenvalue weighted by Gasteiger charge is -2.24. The van der Waals surface area contributed by atoms with E-state index in [1.165, 1.54) is 232 Å². The van der Waals surface area contributed by atoms with Crippen LogP contribution >= 0.6 is 0 Å². The lowest BCUT2D eigenvalue weighted by Crippen LogP contribution is -2.33. The summed E-state index contributed by atoms with van der Waals surface area (Å²) in [5.41, 5.74) is 0. The molecule has 0 aromatic heterocycles. The van der Waals surface area contributed by atoms with Gasteiger partial charge in [-0.1, -0.05) is 227 Å². The monoisotopic (exact) mass is 863 g/mol. The molecule has 0 radical (unpaired) electrons. The third kappa shape index (κ3) is 42.6. The minimum Gasteiger partial charge on any atom is -0.465 e. The molecular formula is C55H110N2O4. The first-order chi connectivity index (χ1) is 29.9. The van der Waals surface area contributed by atoms with Gasteiger partial charge in [0, 0.05) is 13.1 Å². The highest BCUT2D eigenvalue weighted by Crippen LogP contribution is 2.23. The summed E-state index contributed by atoms with van der Waals surface area (Å²) in [5.74, 6) is 0.407. The fraction of sp³-hybridized carbons (Fsp3) is 0.964. The van der Waals surface area contributed by atoms with E-state index in [1.54, 1.807) is 0 Å². The molecule has 61 heavy (non-hydrogen) atoms. The standard InChI is InChI=1S/C55H110N2O4/c1-7-11-15-19-23-29-37-45-53(43-35-18-14-10-4)55(59)61-51-41-33-27-22-25-31-39-47-57(49-48-56(5)6)46-38-30-24-21-26-32-40-50-60-54(58)52(42-34-17-13-9-3)44-36-28-20-16-12-8-2/h52-53H,7-51H2,1-6H3. The third-order valence-corrected chi connectivity index (χ3v) is 13.1. The molecule has 2 unspecified atom stereocenters. The Hall–Kier alpha value is -1.14. The first-order valence-electron chi connectivity index (χ1n) is 27.6. The molecular weight excluding hydrogens is 753 g/mol. The van der Waals surface area contributed by atoms with Gasteiger partial charge in [-0.2, -0.15) is 0 Å². The van der Waals surface area contributed by atoms with E-state index in [0.29, 0.717) is 13.2 Å². The molecule has 0 N–H and O–H groups in total. The normalized spacial score (nSPS) is 12.7. The van der Waals surface area contributed by atoms with E-state index in [2.05, 4.69) is 51.6 Å². The SMILES string of the molecule is CCCCCCCCCC(CCCCCC)C(=O)OCCCCCCCCCN(CCCCCCCCCOC(=O)C(CCCCCC)CCCCCCCC)CCN(C)C. The fourth-order valence-corrected chi connectivity index (χ4v) is 8.81. The van der Waals surface area contributed by atoms with Crippen molar-refractivity contribution in [1.29, 1.82) is 0 Å². The van der Waals surface area contributed by atoms with Crippen molar-refractivity contribution in [3.05, 3.63) is 0 Å². The number of carbonyl (C=O) groups excluding carboxylic acids is 2. The van der Waals surface area contributed by atoms with E-state index in [9.17, 15) is 9.59 Å². The van der Waals surface area contributed by atoms with Crippen LogP contribution in [0.3, 0.4) is 0 Å². The molecule has 0 heterocycles. The van der Waals surface area contributed by atoms with Crippen molar-refractivity contribution >= 4 is 11.9 Å². The molecule has 0 rings (SSSR count). The smallest absolute Gasteiger partial charge is 0.308 e. The summed E-state index contributed by atoms with van der Waals surface area (Å²) in [7, 11) is 4.38.